The molecule has 0 unspecified atom stereocenters. The minimum atomic E-state index is 0.824. The second-order valence-electron chi connectivity index (χ2n) is 2.90. The molecule has 1 aromatic heterocycles. The van der Waals surface area contributed by atoms with Crippen LogP contribution in [0, 0.1) is 0 Å². The number of hydrogen-bond donors (Lipinski definition) is 0. The highest BCUT2D eigenvalue weighted by molar-refractivity contribution is 7.99. The molecule has 0 aliphatic heterocycles. The van der Waals surface area contributed by atoms with Crippen molar-refractivity contribution in [3.05, 3.63) is 35.7 Å². The SMILES string of the molecule is CC[N]Sc1nc(-c2ccccc2)cs1. The molecule has 2 rings (SSSR count). The van der Waals surface area contributed by atoms with Gasteiger partial charge in [-0.05, 0) is 6.92 Å². The van der Waals surface area contributed by atoms with Crippen LogP contribution in [0.4, 0.5) is 0 Å². The van der Waals surface area contributed by atoms with Crippen LogP contribution in [0.1, 0.15) is 6.92 Å². The summed E-state index contributed by atoms with van der Waals surface area (Å²) in [5.74, 6) is 0. The van der Waals surface area contributed by atoms with Gasteiger partial charge in [0, 0.05) is 29.4 Å². The Hall–Kier alpha value is -0.840. The summed E-state index contributed by atoms with van der Waals surface area (Å²) in [5.41, 5.74) is 2.20. The van der Waals surface area contributed by atoms with Gasteiger partial charge in [-0.2, -0.15) is 4.72 Å². The predicted molar refractivity (Wildman–Crippen MR) is 66.1 cm³/mol. The first-order valence-electron chi connectivity index (χ1n) is 4.75. The molecule has 0 atom stereocenters. The topological polar surface area (TPSA) is 27.0 Å². The van der Waals surface area contributed by atoms with Crippen molar-refractivity contribution < 1.29 is 0 Å². The smallest absolute Gasteiger partial charge is 0.166 e. The molecule has 1 heterocycles. The Bertz CT molecular complexity index is 412. The summed E-state index contributed by atoms with van der Waals surface area (Å²) in [4.78, 5) is 4.51. The van der Waals surface area contributed by atoms with Gasteiger partial charge in [0.1, 0.15) is 0 Å². The van der Waals surface area contributed by atoms with Crippen molar-refractivity contribution in [2.45, 2.75) is 11.3 Å². The van der Waals surface area contributed by atoms with E-state index in [4.69, 9.17) is 0 Å². The van der Waals surface area contributed by atoms with Crippen molar-refractivity contribution in [2.75, 3.05) is 6.54 Å². The van der Waals surface area contributed by atoms with Crippen LogP contribution in [0.5, 0.6) is 0 Å². The van der Waals surface area contributed by atoms with Crippen LogP contribution in [0.3, 0.4) is 0 Å². The monoisotopic (exact) mass is 235 g/mol. The highest BCUT2D eigenvalue weighted by atomic mass is 32.2. The minimum absolute atomic E-state index is 0.824. The van der Waals surface area contributed by atoms with Gasteiger partial charge in [0.25, 0.3) is 0 Å². The van der Waals surface area contributed by atoms with E-state index in [1.165, 1.54) is 11.9 Å². The van der Waals surface area contributed by atoms with Crippen LogP contribution < -0.4 is 4.72 Å². The third-order valence-corrected chi connectivity index (χ3v) is 3.61. The Morgan fingerprint density at radius 2 is 2.13 bits per heavy atom. The van der Waals surface area contributed by atoms with Crippen molar-refractivity contribution in [2.24, 2.45) is 0 Å². The Balaban J connectivity index is 2.14. The van der Waals surface area contributed by atoms with Crippen molar-refractivity contribution >= 4 is 23.3 Å². The summed E-state index contributed by atoms with van der Waals surface area (Å²) >= 11 is 3.11. The van der Waals surface area contributed by atoms with Crippen molar-refractivity contribution in [3.63, 3.8) is 0 Å². The van der Waals surface area contributed by atoms with E-state index in [9.17, 15) is 0 Å². The molecule has 77 valence electrons. The fourth-order valence-corrected chi connectivity index (χ4v) is 2.57. The molecule has 15 heavy (non-hydrogen) atoms. The molecular weight excluding hydrogens is 224 g/mol. The molecule has 1 radical (unpaired) electrons. The summed E-state index contributed by atoms with van der Waals surface area (Å²) in [5, 5.41) is 2.07. The zero-order valence-corrected chi connectivity index (χ0v) is 10.0. The van der Waals surface area contributed by atoms with Gasteiger partial charge in [-0.15, -0.1) is 11.3 Å². The van der Waals surface area contributed by atoms with E-state index >= 15 is 0 Å². The number of hydrogen-bond acceptors (Lipinski definition) is 3. The van der Waals surface area contributed by atoms with Gasteiger partial charge >= 0.3 is 0 Å². The molecule has 0 N–H and O–H groups in total. The van der Waals surface area contributed by atoms with E-state index in [2.05, 4.69) is 27.2 Å². The van der Waals surface area contributed by atoms with E-state index in [1.807, 2.05) is 25.1 Å². The number of thiazole rings is 1. The Morgan fingerprint density at radius 1 is 1.33 bits per heavy atom. The molecule has 0 saturated heterocycles. The third-order valence-electron chi connectivity index (χ3n) is 1.82. The number of benzene rings is 1. The van der Waals surface area contributed by atoms with Crippen molar-refractivity contribution in [3.8, 4) is 11.3 Å². The average molecular weight is 235 g/mol. The first kappa shape index (κ1) is 10.7. The van der Waals surface area contributed by atoms with Crippen LogP contribution in [0.2, 0.25) is 0 Å². The van der Waals surface area contributed by atoms with Gasteiger partial charge in [-0.25, -0.2) is 4.98 Å². The van der Waals surface area contributed by atoms with Crippen molar-refractivity contribution in [1.29, 1.82) is 0 Å². The van der Waals surface area contributed by atoms with Gasteiger partial charge in [0.05, 0.1) is 5.69 Å². The van der Waals surface area contributed by atoms with Gasteiger partial charge in [-0.3, -0.25) is 0 Å². The summed E-state index contributed by atoms with van der Waals surface area (Å²) in [6.45, 7) is 2.85. The molecular formula is C11H11N2S2. The first-order chi connectivity index (χ1) is 7.40. The maximum Gasteiger partial charge on any atom is 0.166 e. The minimum Gasteiger partial charge on any atom is -0.228 e. The largest absolute Gasteiger partial charge is 0.228 e. The first-order valence-corrected chi connectivity index (χ1v) is 6.40. The zero-order valence-electron chi connectivity index (χ0n) is 8.38. The van der Waals surface area contributed by atoms with Crippen LogP contribution in [-0.2, 0) is 0 Å². The molecule has 1 aromatic carbocycles. The number of rotatable bonds is 4. The van der Waals surface area contributed by atoms with Crippen LogP contribution in [0.15, 0.2) is 40.1 Å². The van der Waals surface area contributed by atoms with Gasteiger partial charge < -0.3 is 0 Å². The molecule has 0 fully saturated rings. The second kappa shape index (κ2) is 5.30. The lowest BCUT2D eigenvalue weighted by Crippen LogP contribution is -1.89. The maximum absolute atomic E-state index is 4.51. The molecule has 0 spiro atoms. The van der Waals surface area contributed by atoms with E-state index in [0.717, 1.165) is 22.1 Å². The highest BCUT2D eigenvalue weighted by Gasteiger charge is 2.04. The second-order valence-corrected chi connectivity index (χ2v) is 4.85. The number of nitrogens with zero attached hydrogens (tertiary/aromatic N) is 2. The molecule has 2 nitrogen and oxygen atoms in total. The lowest BCUT2D eigenvalue weighted by Gasteiger charge is -1.94. The van der Waals surface area contributed by atoms with E-state index in [-0.39, 0.29) is 0 Å². The lowest BCUT2D eigenvalue weighted by molar-refractivity contribution is 1.01. The molecule has 0 amide bonds. The standard InChI is InChI=1S/C11H11N2S2/c1-2-12-15-11-13-10(8-14-11)9-6-4-3-5-7-9/h3-8H,2H2,1H3. The summed E-state index contributed by atoms with van der Waals surface area (Å²) in [6, 6.07) is 10.2. The fourth-order valence-electron chi connectivity index (χ4n) is 1.16. The van der Waals surface area contributed by atoms with Crippen LogP contribution in [-0.4, -0.2) is 11.5 Å². The van der Waals surface area contributed by atoms with E-state index in [0.29, 0.717) is 0 Å². The Kier molecular flexibility index (Phi) is 3.77. The van der Waals surface area contributed by atoms with E-state index in [1.54, 1.807) is 11.3 Å². The fraction of sp³-hybridized carbons (Fsp3) is 0.182. The van der Waals surface area contributed by atoms with E-state index < -0.39 is 0 Å². The quantitative estimate of drug-likeness (QED) is 0.759. The number of aromatic nitrogens is 1. The molecule has 4 heteroatoms. The van der Waals surface area contributed by atoms with Gasteiger partial charge in [0.2, 0.25) is 0 Å². The summed E-state index contributed by atoms with van der Waals surface area (Å²) < 4.78 is 5.22. The predicted octanol–water partition coefficient (Wildman–Crippen LogP) is 3.44. The lowest BCUT2D eigenvalue weighted by atomic mass is 10.2. The van der Waals surface area contributed by atoms with Crippen molar-refractivity contribution in [1.82, 2.24) is 9.71 Å². The molecule has 0 bridgehead atoms. The third kappa shape index (κ3) is 2.81. The molecule has 0 aliphatic rings. The van der Waals surface area contributed by atoms with Gasteiger partial charge in [0.15, 0.2) is 4.34 Å². The zero-order chi connectivity index (χ0) is 10.5. The molecule has 2 aromatic rings. The molecule has 0 aliphatic carbocycles. The molecule has 0 saturated carbocycles. The highest BCUT2D eigenvalue weighted by Crippen LogP contribution is 2.26. The Labute approximate surface area is 97.9 Å². The Morgan fingerprint density at radius 3 is 2.87 bits per heavy atom. The van der Waals surface area contributed by atoms with Crippen LogP contribution >= 0.6 is 23.3 Å². The van der Waals surface area contributed by atoms with Crippen LogP contribution in [0.25, 0.3) is 11.3 Å². The maximum atomic E-state index is 4.51. The average Bonchev–Trinajstić information content (AvgIpc) is 2.76. The summed E-state index contributed by atoms with van der Waals surface area (Å²) in [7, 11) is 0. The normalized spacial score (nSPS) is 10.5. The van der Waals surface area contributed by atoms with Gasteiger partial charge in [-0.1, -0.05) is 30.3 Å². The summed E-state index contributed by atoms with van der Waals surface area (Å²) in [6.07, 6.45) is 0.